The van der Waals surface area contributed by atoms with Crippen LogP contribution in [0.4, 0.5) is 0 Å². The molecule has 0 saturated heterocycles. The Morgan fingerprint density at radius 1 is 1.25 bits per heavy atom. The highest BCUT2D eigenvalue weighted by atomic mass is 15.1. The van der Waals surface area contributed by atoms with Crippen LogP contribution in [0.1, 0.15) is 69.7 Å². The van der Waals surface area contributed by atoms with E-state index >= 15 is 0 Å². The molecule has 1 aromatic heterocycles. The highest BCUT2D eigenvalue weighted by molar-refractivity contribution is 5.29. The van der Waals surface area contributed by atoms with E-state index in [1.54, 1.807) is 5.69 Å². The first-order valence-corrected chi connectivity index (χ1v) is 6.70. The zero-order valence-corrected chi connectivity index (χ0v) is 10.7. The van der Waals surface area contributed by atoms with Crippen molar-refractivity contribution in [3.63, 3.8) is 0 Å². The third-order valence-electron chi connectivity index (χ3n) is 4.40. The van der Waals surface area contributed by atoms with Crippen LogP contribution in [0.5, 0.6) is 0 Å². The van der Waals surface area contributed by atoms with E-state index in [1.165, 1.54) is 50.0 Å². The molecule has 2 heteroatoms. The van der Waals surface area contributed by atoms with Crippen LogP contribution in [-0.4, -0.2) is 9.55 Å². The van der Waals surface area contributed by atoms with Crippen LogP contribution < -0.4 is 0 Å². The summed E-state index contributed by atoms with van der Waals surface area (Å²) in [6.07, 6.45) is 7.71. The van der Waals surface area contributed by atoms with E-state index in [9.17, 15) is 0 Å². The highest BCUT2D eigenvalue weighted by Crippen LogP contribution is 2.39. The van der Waals surface area contributed by atoms with Gasteiger partial charge in [-0.25, -0.2) is 4.98 Å². The Kier molecular flexibility index (Phi) is 2.17. The largest absolute Gasteiger partial charge is 0.329 e. The molecule has 1 unspecified atom stereocenters. The first kappa shape index (κ1) is 10.4. The number of aromatic nitrogens is 2. The molecule has 0 bridgehead atoms. The number of hydrogen-bond donors (Lipinski definition) is 0. The van der Waals surface area contributed by atoms with E-state index in [-0.39, 0.29) is 0 Å². The molecule has 2 nitrogen and oxygen atoms in total. The van der Waals surface area contributed by atoms with Crippen molar-refractivity contribution < 1.29 is 0 Å². The zero-order chi connectivity index (χ0) is 11.3. The van der Waals surface area contributed by atoms with Crippen LogP contribution >= 0.6 is 0 Å². The number of imidazole rings is 1. The van der Waals surface area contributed by atoms with Gasteiger partial charge in [0.15, 0.2) is 0 Å². The molecule has 0 fully saturated rings. The molecular weight excluding hydrogens is 196 g/mol. The second-order valence-electron chi connectivity index (χ2n) is 6.17. The van der Waals surface area contributed by atoms with Crippen molar-refractivity contribution in [1.82, 2.24) is 9.55 Å². The Hall–Kier alpha value is -0.790. The first-order valence-electron chi connectivity index (χ1n) is 6.70. The van der Waals surface area contributed by atoms with E-state index in [2.05, 4.69) is 25.3 Å². The van der Waals surface area contributed by atoms with E-state index < -0.39 is 0 Å². The summed E-state index contributed by atoms with van der Waals surface area (Å²) < 4.78 is 2.56. The highest BCUT2D eigenvalue weighted by Gasteiger charge is 2.34. The lowest BCUT2D eigenvalue weighted by Gasteiger charge is -2.30. The Morgan fingerprint density at radius 2 is 2.06 bits per heavy atom. The average Bonchev–Trinajstić information content (AvgIpc) is 2.59. The molecule has 1 aromatic rings. The summed E-state index contributed by atoms with van der Waals surface area (Å²) in [5, 5.41) is 0. The molecule has 2 heterocycles. The summed E-state index contributed by atoms with van der Waals surface area (Å²) in [7, 11) is 0. The fourth-order valence-corrected chi connectivity index (χ4v) is 3.50. The van der Waals surface area contributed by atoms with Crippen LogP contribution in [0, 0.1) is 0 Å². The van der Waals surface area contributed by atoms with Gasteiger partial charge in [0.05, 0.1) is 5.69 Å². The molecule has 0 spiro atoms. The lowest BCUT2D eigenvalue weighted by Crippen LogP contribution is -2.25. The Bertz CT molecular complexity index is 415. The maximum absolute atomic E-state index is 4.96. The van der Waals surface area contributed by atoms with Gasteiger partial charge in [0.1, 0.15) is 5.82 Å². The molecule has 0 N–H and O–H groups in total. The predicted molar refractivity (Wildman–Crippen MR) is 65.8 cm³/mol. The van der Waals surface area contributed by atoms with Gasteiger partial charge in [0, 0.05) is 23.6 Å². The third kappa shape index (κ3) is 1.35. The second-order valence-corrected chi connectivity index (χ2v) is 6.17. The minimum Gasteiger partial charge on any atom is -0.329 e. The van der Waals surface area contributed by atoms with Gasteiger partial charge in [-0.15, -0.1) is 0 Å². The first-order chi connectivity index (χ1) is 7.59. The smallest absolute Gasteiger partial charge is 0.109 e. The summed E-state index contributed by atoms with van der Waals surface area (Å²) in [6, 6.07) is 0.675. The molecule has 2 aliphatic rings. The lowest BCUT2D eigenvalue weighted by atomic mass is 9.78. The molecule has 1 aliphatic carbocycles. The maximum atomic E-state index is 4.96. The molecule has 3 rings (SSSR count). The molecule has 0 amide bonds. The van der Waals surface area contributed by atoms with Gasteiger partial charge in [-0.1, -0.05) is 13.8 Å². The van der Waals surface area contributed by atoms with Crippen molar-refractivity contribution in [2.45, 2.75) is 70.8 Å². The minimum atomic E-state index is 0.303. The van der Waals surface area contributed by atoms with Gasteiger partial charge in [-0.3, -0.25) is 0 Å². The quantitative estimate of drug-likeness (QED) is 0.652. The Labute approximate surface area is 98.1 Å². The third-order valence-corrected chi connectivity index (χ3v) is 4.40. The van der Waals surface area contributed by atoms with Gasteiger partial charge in [-0.05, 0) is 39.0 Å². The van der Waals surface area contributed by atoms with Gasteiger partial charge >= 0.3 is 0 Å². The SMILES string of the molecule is CC1CCCc2nc3c(n21)CCCC3(C)C. The second kappa shape index (κ2) is 3.35. The number of hydrogen-bond acceptors (Lipinski definition) is 1. The number of aryl methyl sites for hydroxylation is 1. The Morgan fingerprint density at radius 3 is 2.88 bits per heavy atom. The van der Waals surface area contributed by atoms with Gasteiger partial charge in [0.25, 0.3) is 0 Å². The number of fused-ring (bicyclic) bond motifs is 3. The molecule has 88 valence electrons. The molecule has 1 aliphatic heterocycles. The van der Waals surface area contributed by atoms with E-state index in [0.29, 0.717) is 11.5 Å². The van der Waals surface area contributed by atoms with Gasteiger partial charge < -0.3 is 4.57 Å². The number of nitrogens with zero attached hydrogens (tertiary/aromatic N) is 2. The summed E-state index contributed by atoms with van der Waals surface area (Å²) in [6.45, 7) is 7.07. The summed E-state index contributed by atoms with van der Waals surface area (Å²) in [5.41, 5.74) is 3.26. The van der Waals surface area contributed by atoms with E-state index in [0.717, 1.165) is 0 Å². The fraction of sp³-hybridized carbons (Fsp3) is 0.786. The van der Waals surface area contributed by atoms with Crippen LogP contribution in [-0.2, 0) is 18.3 Å². The summed E-state index contributed by atoms with van der Waals surface area (Å²) >= 11 is 0. The monoisotopic (exact) mass is 218 g/mol. The molecule has 0 radical (unpaired) electrons. The summed E-state index contributed by atoms with van der Waals surface area (Å²) in [4.78, 5) is 4.96. The van der Waals surface area contributed by atoms with Crippen molar-refractivity contribution in [1.29, 1.82) is 0 Å². The Balaban J connectivity index is 2.17. The van der Waals surface area contributed by atoms with Crippen molar-refractivity contribution >= 4 is 0 Å². The number of rotatable bonds is 0. The van der Waals surface area contributed by atoms with Crippen molar-refractivity contribution in [2.75, 3.05) is 0 Å². The topological polar surface area (TPSA) is 17.8 Å². The molecule has 16 heavy (non-hydrogen) atoms. The minimum absolute atomic E-state index is 0.303. The predicted octanol–water partition coefficient (Wildman–Crippen LogP) is 3.39. The zero-order valence-electron chi connectivity index (χ0n) is 10.7. The molecule has 0 saturated carbocycles. The van der Waals surface area contributed by atoms with Crippen molar-refractivity contribution in [3.05, 3.63) is 17.2 Å². The van der Waals surface area contributed by atoms with E-state index in [4.69, 9.17) is 4.98 Å². The van der Waals surface area contributed by atoms with Gasteiger partial charge in [-0.2, -0.15) is 0 Å². The molecule has 1 atom stereocenters. The van der Waals surface area contributed by atoms with Crippen LogP contribution in [0.3, 0.4) is 0 Å². The maximum Gasteiger partial charge on any atom is 0.109 e. The standard InChI is InChI=1S/C14H22N2/c1-10-6-4-8-12-15-13-11(16(10)12)7-5-9-14(13,2)3/h10H,4-9H2,1-3H3. The fourth-order valence-electron chi connectivity index (χ4n) is 3.50. The van der Waals surface area contributed by atoms with E-state index in [1.807, 2.05) is 0 Å². The normalized spacial score (nSPS) is 27.3. The van der Waals surface area contributed by atoms with Crippen molar-refractivity contribution in [3.8, 4) is 0 Å². The van der Waals surface area contributed by atoms with Crippen molar-refractivity contribution in [2.24, 2.45) is 0 Å². The van der Waals surface area contributed by atoms with Crippen LogP contribution in [0.2, 0.25) is 0 Å². The van der Waals surface area contributed by atoms with Crippen LogP contribution in [0.25, 0.3) is 0 Å². The van der Waals surface area contributed by atoms with Crippen LogP contribution in [0.15, 0.2) is 0 Å². The molecular formula is C14H22N2. The summed E-state index contributed by atoms with van der Waals surface area (Å²) in [5.74, 6) is 1.36. The lowest BCUT2D eigenvalue weighted by molar-refractivity contribution is 0.388. The average molecular weight is 218 g/mol. The van der Waals surface area contributed by atoms with Gasteiger partial charge in [0.2, 0.25) is 0 Å². The molecule has 0 aromatic carbocycles.